The number of carbonyl (C=O) groups excluding carboxylic acids is 2. The largest absolute Gasteiger partial charge is 0.493 e. The molecule has 2 amide bonds. The molecular formula is C25H27N3O5. The van der Waals surface area contributed by atoms with Crippen molar-refractivity contribution in [1.29, 1.82) is 0 Å². The van der Waals surface area contributed by atoms with Crippen LogP contribution in [-0.4, -0.2) is 60.0 Å². The van der Waals surface area contributed by atoms with E-state index in [0.29, 0.717) is 31.1 Å². The van der Waals surface area contributed by atoms with Crippen LogP contribution in [0.4, 0.5) is 0 Å². The Morgan fingerprint density at radius 3 is 2.64 bits per heavy atom. The predicted molar refractivity (Wildman–Crippen MR) is 122 cm³/mol. The number of methoxy groups -OCH3 is 2. The van der Waals surface area contributed by atoms with E-state index in [1.807, 2.05) is 33.7 Å². The molecule has 2 atom stereocenters. The summed E-state index contributed by atoms with van der Waals surface area (Å²) < 4.78 is 12.6. The molecule has 0 spiro atoms. The number of pyridine rings is 1. The molecule has 0 N–H and O–H groups in total. The molecule has 1 aromatic heterocycles. The van der Waals surface area contributed by atoms with Gasteiger partial charge in [-0.3, -0.25) is 14.4 Å². The second-order valence-corrected chi connectivity index (χ2v) is 8.92. The fourth-order valence-corrected chi connectivity index (χ4v) is 5.25. The minimum atomic E-state index is -0.139. The zero-order chi connectivity index (χ0) is 23.1. The smallest absolute Gasteiger partial charge is 0.250 e. The van der Waals surface area contributed by atoms with E-state index >= 15 is 0 Å². The number of amides is 2. The lowest BCUT2D eigenvalue weighted by Gasteiger charge is -2.43. The quantitative estimate of drug-likeness (QED) is 0.712. The molecular weight excluding hydrogens is 422 g/mol. The van der Waals surface area contributed by atoms with Crippen LogP contribution in [0.3, 0.4) is 0 Å². The number of aromatic nitrogens is 1. The molecule has 3 aliphatic heterocycles. The molecule has 33 heavy (non-hydrogen) atoms. The summed E-state index contributed by atoms with van der Waals surface area (Å²) >= 11 is 0. The zero-order valence-corrected chi connectivity index (χ0v) is 18.8. The van der Waals surface area contributed by atoms with Gasteiger partial charge in [0.1, 0.15) is 6.54 Å². The van der Waals surface area contributed by atoms with E-state index in [4.69, 9.17) is 9.47 Å². The van der Waals surface area contributed by atoms with Crippen molar-refractivity contribution in [3.05, 3.63) is 63.7 Å². The summed E-state index contributed by atoms with van der Waals surface area (Å²) in [5.74, 6) is 1.35. The van der Waals surface area contributed by atoms with Crippen molar-refractivity contribution in [3.63, 3.8) is 0 Å². The van der Waals surface area contributed by atoms with Crippen LogP contribution < -0.4 is 15.0 Å². The van der Waals surface area contributed by atoms with Gasteiger partial charge in [0.05, 0.1) is 20.6 Å². The monoisotopic (exact) mass is 449 g/mol. The molecule has 1 aromatic carbocycles. The average Bonchev–Trinajstić information content (AvgIpc) is 2.96. The molecule has 8 heteroatoms. The number of rotatable bonds is 4. The number of ether oxygens (including phenoxy) is 2. The minimum Gasteiger partial charge on any atom is -0.493 e. The van der Waals surface area contributed by atoms with Gasteiger partial charge < -0.3 is 23.8 Å². The highest BCUT2D eigenvalue weighted by atomic mass is 16.5. The van der Waals surface area contributed by atoms with Crippen LogP contribution in [0, 0.1) is 5.92 Å². The molecule has 0 aliphatic carbocycles. The Balaban J connectivity index is 1.31. The lowest BCUT2D eigenvalue weighted by Crippen LogP contribution is -2.51. The number of nitrogens with zero attached hydrogens (tertiary/aromatic N) is 3. The Labute approximate surface area is 192 Å². The Morgan fingerprint density at radius 2 is 1.85 bits per heavy atom. The number of hydrogen-bond acceptors (Lipinski definition) is 5. The molecule has 0 radical (unpaired) electrons. The first-order valence-corrected chi connectivity index (χ1v) is 11.2. The van der Waals surface area contributed by atoms with Crippen molar-refractivity contribution in [2.45, 2.75) is 25.3 Å². The second kappa shape index (κ2) is 8.42. The normalized spacial score (nSPS) is 21.2. The van der Waals surface area contributed by atoms with Crippen molar-refractivity contribution in [3.8, 4) is 11.5 Å². The van der Waals surface area contributed by atoms with E-state index in [9.17, 15) is 14.4 Å². The first kappa shape index (κ1) is 21.3. The van der Waals surface area contributed by atoms with Crippen LogP contribution in [0.1, 0.15) is 29.2 Å². The Kier molecular flexibility index (Phi) is 5.44. The van der Waals surface area contributed by atoms with Crippen molar-refractivity contribution in [1.82, 2.24) is 14.4 Å². The van der Waals surface area contributed by atoms with Gasteiger partial charge in [-0.25, -0.2) is 0 Å². The van der Waals surface area contributed by atoms with Crippen LogP contribution in [-0.2, 0) is 22.6 Å². The third-order valence-electron chi connectivity index (χ3n) is 6.88. The van der Waals surface area contributed by atoms with E-state index < -0.39 is 0 Å². The molecule has 5 rings (SSSR count). The molecule has 2 aromatic rings. The first-order chi connectivity index (χ1) is 16.0. The molecule has 2 unspecified atom stereocenters. The van der Waals surface area contributed by atoms with Gasteiger partial charge in [-0.1, -0.05) is 6.07 Å². The summed E-state index contributed by atoms with van der Waals surface area (Å²) in [5.41, 5.74) is 2.72. The van der Waals surface area contributed by atoms with Crippen LogP contribution in [0.25, 0.3) is 6.08 Å². The van der Waals surface area contributed by atoms with Gasteiger partial charge >= 0.3 is 0 Å². The number of fused-ring (bicyclic) bond motifs is 5. The van der Waals surface area contributed by atoms with Crippen molar-refractivity contribution < 1.29 is 19.1 Å². The lowest BCUT2D eigenvalue weighted by atomic mass is 9.83. The summed E-state index contributed by atoms with van der Waals surface area (Å²) in [6, 6.07) is 9.02. The van der Waals surface area contributed by atoms with Crippen LogP contribution >= 0.6 is 0 Å². The number of piperidine rings is 1. The van der Waals surface area contributed by atoms with Crippen LogP contribution in [0.15, 0.2) is 41.3 Å². The predicted octanol–water partition coefficient (Wildman–Crippen LogP) is 1.87. The molecule has 172 valence electrons. The molecule has 2 bridgehead atoms. The van der Waals surface area contributed by atoms with Gasteiger partial charge in [-0.05, 0) is 47.7 Å². The molecule has 3 aliphatic rings. The SMILES string of the molecule is COc1cc2c(cc1OC)CC(=O)N(CC(=O)N1CC3CC(C1)c1cccc(=O)n1C3)C=C2. The van der Waals surface area contributed by atoms with E-state index in [2.05, 4.69) is 0 Å². The van der Waals surface area contributed by atoms with Crippen LogP contribution in [0.2, 0.25) is 0 Å². The van der Waals surface area contributed by atoms with Gasteiger partial charge in [-0.15, -0.1) is 0 Å². The number of benzene rings is 1. The number of hydrogen-bond donors (Lipinski definition) is 0. The van der Waals surface area contributed by atoms with E-state index in [1.54, 1.807) is 32.6 Å². The van der Waals surface area contributed by atoms with E-state index in [0.717, 1.165) is 23.2 Å². The summed E-state index contributed by atoms with van der Waals surface area (Å²) in [6.07, 6.45) is 4.67. The van der Waals surface area contributed by atoms with Gasteiger partial charge in [-0.2, -0.15) is 0 Å². The van der Waals surface area contributed by atoms with Gasteiger partial charge in [0.2, 0.25) is 11.8 Å². The number of likely N-dealkylation sites (tertiary alicyclic amines) is 1. The highest BCUT2D eigenvalue weighted by Gasteiger charge is 2.36. The maximum Gasteiger partial charge on any atom is 0.250 e. The molecule has 0 saturated carbocycles. The topological polar surface area (TPSA) is 81.1 Å². The second-order valence-electron chi connectivity index (χ2n) is 8.92. The zero-order valence-electron chi connectivity index (χ0n) is 18.8. The summed E-state index contributed by atoms with van der Waals surface area (Å²) in [4.78, 5) is 41.7. The van der Waals surface area contributed by atoms with Gasteiger partial charge in [0, 0.05) is 43.5 Å². The fraction of sp³-hybridized carbons (Fsp3) is 0.400. The van der Waals surface area contributed by atoms with Gasteiger partial charge in [0.25, 0.3) is 5.56 Å². The Hall–Kier alpha value is -3.55. The first-order valence-electron chi connectivity index (χ1n) is 11.2. The highest BCUT2D eigenvalue weighted by molar-refractivity contribution is 5.89. The van der Waals surface area contributed by atoms with Gasteiger partial charge in [0.15, 0.2) is 11.5 Å². The molecule has 8 nitrogen and oxygen atoms in total. The average molecular weight is 450 g/mol. The van der Waals surface area contributed by atoms with Crippen molar-refractivity contribution in [2.24, 2.45) is 5.92 Å². The highest BCUT2D eigenvalue weighted by Crippen LogP contribution is 2.35. The van der Waals surface area contributed by atoms with Crippen molar-refractivity contribution >= 4 is 17.9 Å². The Morgan fingerprint density at radius 1 is 1.06 bits per heavy atom. The van der Waals surface area contributed by atoms with Crippen molar-refractivity contribution in [2.75, 3.05) is 33.9 Å². The number of carbonyl (C=O) groups is 2. The molecule has 1 fully saturated rings. The maximum absolute atomic E-state index is 13.2. The summed E-state index contributed by atoms with van der Waals surface area (Å²) in [6.45, 7) is 1.81. The van der Waals surface area contributed by atoms with E-state index in [-0.39, 0.29) is 42.2 Å². The van der Waals surface area contributed by atoms with Crippen LogP contribution in [0.5, 0.6) is 11.5 Å². The minimum absolute atomic E-state index is 0.00136. The maximum atomic E-state index is 13.2. The molecule has 1 saturated heterocycles. The standard InChI is InChI=1S/C25H27N3O5/c1-32-21-9-17-6-7-26(24(30)11-18(17)10-22(21)33-2)15-25(31)27-12-16-8-19(14-27)20-4-3-5-23(29)28(20)13-16/h3-7,9-10,16,19H,8,11-15H2,1-2H3. The molecule has 4 heterocycles. The lowest BCUT2D eigenvalue weighted by molar-refractivity contribution is -0.139. The Bertz CT molecular complexity index is 1200. The third-order valence-corrected chi connectivity index (χ3v) is 6.88. The fourth-order valence-electron chi connectivity index (χ4n) is 5.25. The third kappa shape index (κ3) is 3.90. The summed E-state index contributed by atoms with van der Waals surface area (Å²) in [5, 5.41) is 0. The van der Waals surface area contributed by atoms with E-state index in [1.165, 1.54) is 4.90 Å². The summed E-state index contributed by atoms with van der Waals surface area (Å²) in [7, 11) is 3.13.